The molecule has 5 nitrogen and oxygen atoms in total. The van der Waals surface area contributed by atoms with Crippen molar-refractivity contribution in [3.8, 4) is 0 Å². The molecule has 3 rings (SSSR count). The lowest BCUT2D eigenvalue weighted by atomic mass is 10.1. The Balaban J connectivity index is 1.85. The van der Waals surface area contributed by atoms with E-state index in [1.165, 1.54) is 0 Å². The van der Waals surface area contributed by atoms with Crippen molar-refractivity contribution in [1.29, 1.82) is 0 Å². The fraction of sp³-hybridized carbons (Fsp3) is 0.846. The topological polar surface area (TPSA) is 52.0 Å². The Kier molecular flexibility index (Phi) is 3.35. The maximum Gasteiger partial charge on any atom is 0.162 e. The predicted octanol–water partition coefficient (Wildman–Crippen LogP) is 1.96. The average molecular weight is 250 g/mol. The average Bonchev–Trinajstić information content (AvgIpc) is 2.96. The molecule has 1 fully saturated rings. The molecular formula is C13H22N4O. The normalized spacial score (nSPS) is 31.6. The van der Waals surface area contributed by atoms with Crippen molar-refractivity contribution in [3.63, 3.8) is 0 Å². The lowest BCUT2D eigenvalue weighted by Gasteiger charge is -2.25. The lowest BCUT2D eigenvalue weighted by Crippen LogP contribution is -2.34. The quantitative estimate of drug-likeness (QED) is 0.891. The molecule has 1 N–H and O–H groups in total. The summed E-state index contributed by atoms with van der Waals surface area (Å²) < 4.78 is 8.20. The van der Waals surface area contributed by atoms with Gasteiger partial charge in [-0.25, -0.2) is 0 Å². The van der Waals surface area contributed by atoms with Crippen LogP contribution in [0.1, 0.15) is 63.3 Å². The first-order valence-electron chi connectivity index (χ1n) is 7.11. The smallest absolute Gasteiger partial charge is 0.162 e. The fourth-order valence-corrected chi connectivity index (χ4v) is 3.01. The molecular weight excluding hydrogens is 228 g/mol. The molecule has 0 radical (unpaired) electrons. The van der Waals surface area contributed by atoms with E-state index in [9.17, 15) is 0 Å². The van der Waals surface area contributed by atoms with Gasteiger partial charge in [-0.1, -0.05) is 13.3 Å². The highest BCUT2D eigenvalue weighted by Gasteiger charge is 2.31. The van der Waals surface area contributed by atoms with Gasteiger partial charge in [0.05, 0.1) is 12.1 Å². The Morgan fingerprint density at radius 2 is 2.17 bits per heavy atom. The summed E-state index contributed by atoms with van der Waals surface area (Å²) in [6, 6.07) is 0.365. The first-order valence-corrected chi connectivity index (χ1v) is 7.11. The highest BCUT2D eigenvalue weighted by molar-refractivity contribution is 5.07. The van der Waals surface area contributed by atoms with Crippen molar-refractivity contribution < 1.29 is 4.74 Å². The summed E-state index contributed by atoms with van der Waals surface area (Å²) in [6.07, 6.45) is 5.00. The highest BCUT2D eigenvalue weighted by atomic mass is 16.5. The number of fused-ring (bicyclic) bond motifs is 1. The number of rotatable bonds is 3. The fourth-order valence-electron chi connectivity index (χ4n) is 3.01. The molecule has 100 valence electrons. The van der Waals surface area contributed by atoms with Crippen molar-refractivity contribution in [2.24, 2.45) is 0 Å². The van der Waals surface area contributed by atoms with Crippen LogP contribution < -0.4 is 5.32 Å². The summed E-state index contributed by atoms with van der Waals surface area (Å²) in [5, 5.41) is 12.3. The number of aromatic nitrogens is 3. The monoisotopic (exact) mass is 250 g/mol. The van der Waals surface area contributed by atoms with E-state index in [1.807, 2.05) is 0 Å². The summed E-state index contributed by atoms with van der Waals surface area (Å²) in [4.78, 5) is 0. The van der Waals surface area contributed by atoms with Gasteiger partial charge in [0.2, 0.25) is 0 Å². The molecule has 0 spiro atoms. The van der Waals surface area contributed by atoms with Gasteiger partial charge in [-0.3, -0.25) is 0 Å². The van der Waals surface area contributed by atoms with E-state index < -0.39 is 0 Å². The Labute approximate surface area is 108 Å². The van der Waals surface area contributed by atoms with E-state index in [2.05, 4.69) is 33.9 Å². The van der Waals surface area contributed by atoms with Gasteiger partial charge in [0.25, 0.3) is 0 Å². The second-order valence-corrected chi connectivity index (χ2v) is 5.38. The van der Waals surface area contributed by atoms with Crippen LogP contribution in [0.4, 0.5) is 0 Å². The van der Waals surface area contributed by atoms with Gasteiger partial charge >= 0.3 is 0 Å². The first kappa shape index (κ1) is 12.1. The van der Waals surface area contributed by atoms with E-state index in [1.54, 1.807) is 0 Å². The van der Waals surface area contributed by atoms with E-state index in [0.717, 1.165) is 50.4 Å². The van der Waals surface area contributed by atoms with Crippen molar-refractivity contribution in [2.75, 3.05) is 6.54 Å². The first-order chi connectivity index (χ1) is 8.79. The molecule has 0 aromatic carbocycles. The van der Waals surface area contributed by atoms with Gasteiger partial charge in [0.15, 0.2) is 5.82 Å². The van der Waals surface area contributed by atoms with E-state index in [-0.39, 0.29) is 6.10 Å². The summed E-state index contributed by atoms with van der Waals surface area (Å²) >= 11 is 0. The van der Waals surface area contributed by atoms with Crippen LogP contribution in [-0.2, 0) is 11.3 Å². The molecule has 1 saturated heterocycles. The second kappa shape index (κ2) is 4.97. The largest absolute Gasteiger partial charge is 0.367 e. The number of ether oxygens (including phenoxy) is 1. The van der Waals surface area contributed by atoms with Crippen molar-refractivity contribution >= 4 is 0 Å². The molecule has 2 aliphatic heterocycles. The zero-order chi connectivity index (χ0) is 12.5. The third-order valence-corrected chi connectivity index (χ3v) is 3.94. The van der Waals surface area contributed by atoms with Crippen LogP contribution in [-0.4, -0.2) is 27.4 Å². The summed E-state index contributed by atoms with van der Waals surface area (Å²) in [5.74, 6) is 2.14. The molecule has 2 aliphatic rings. The molecule has 3 atom stereocenters. The molecule has 5 heteroatoms. The van der Waals surface area contributed by atoms with Crippen LogP contribution in [0.5, 0.6) is 0 Å². The summed E-state index contributed by atoms with van der Waals surface area (Å²) in [5.41, 5.74) is 0. The minimum atomic E-state index is 0.154. The van der Waals surface area contributed by atoms with Crippen molar-refractivity contribution in [3.05, 3.63) is 11.6 Å². The summed E-state index contributed by atoms with van der Waals surface area (Å²) in [7, 11) is 0. The van der Waals surface area contributed by atoms with Crippen LogP contribution in [0, 0.1) is 0 Å². The third-order valence-electron chi connectivity index (χ3n) is 3.94. The van der Waals surface area contributed by atoms with E-state index in [0.29, 0.717) is 12.1 Å². The standard InChI is InChI=1S/C13H22N4O/c1-3-4-10-12-15-16-13(17(12)8-7-14-10)11-6-5-9(2)18-11/h9-11,14H,3-8H2,1-2H3. The molecule has 3 heterocycles. The SMILES string of the molecule is CCCC1NCCn2c1nnc2C1CCC(C)O1. The Bertz CT molecular complexity index is 417. The van der Waals surface area contributed by atoms with Crippen LogP contribution in [0.15, 0.2) is 0 Å². The second-order valence-electron chi connectivity index (χ2n) is 5.38. The Morgan fingerprint density at radius 3 is 2.89 bits per heavy atom. The van der Waals surface area contributed by atoms with Crippen LogP contribution in [0.3, 0.4) is 0 Å². The van der Waals surface area contributed by atoms with E-state index in [4.69, 9.17) is 4.74 Å². The minimum absolute atomic E-state index is 0.154. The lowest BCUT2D eigenvalue weighted by molar-refractivity contribution is 0.0474. The molecule has 18 heavy (non-hydrogen) atoms. The molecule has 1 aromatic heterocycles. The molecule has 0 bridgehead atoms. The molecule has 3 unspecified atom stereocenters. The maximum atomic E-state index is 5.92. The Hall–Kier alpha value is -0.940. The number of nitrogens with zero attached hydrogens (tertiary/aromatic N) is 3. The van der Waals surface area contributed by atoms with Crippen molar-refractivity contribution in [2.45, 2.75) is 64.3 Å². The molecule has 1 aromatic rings. The molecule has 0 amide bonds. The molecule has 0 aliphatic carbocycles. The molecule has 0 saturated carbocycles. The van der Waals surface area contributed by atoms with Crippen molar-refractivity contribution in [1.82, 2.24) is 20.1 Å². The van der Waals surface area contributed by atoms with Gasteiger partial charge in [-0.15, -0.1) is 10.2 Å². The van der Waals surface area contributed by atoms with E-state index >= 15 is 0 Å². The van der Waals surface area contributed by atoms with Crippen LogP contribution in [0.2, 0.25) is 0 Å². The van der Waals surface area contributed by atoms with Gasteiger partial charge < -0.3 is 14.6 Å². The number of hydrogen-bond acceptors (Lipinski definition) is 4. The third kappa shape index (κ3) is 2.06. The predicted molar refractivity (Wildman–Crippen MR) is 68.2 cm³/mol. The number of hydrogen-bond donors (Lipinski definition) is 1. The van der Waals surface area contributed by atoms with Gasteiger partial charge in [-0.05, 0) is 26.2 Å². The minimum Gasteiger partial charge on any atom is -0.367 e. The zero-order valence-corrected chi connectivity index (χ0v) is 11.2. The highest BCUT2D eigenvalue weighted by Crippen LogP contribution is 2.33. The van der Waals surface area contributed by atoms with Gasteiger partial charge in [-0.2, -0.15) is 0 Å². The Morgan fingerprint density at radius 1 is 1.33 bits per heavy atom. The van der Waals surface area contributed by atoms with Gasteiger partial charge in [0.1, 0.15) is 11.9 Å². The summed E-state index contributed by atoms with van der Waals surface area (Å²) in [6.45, 7) is 6.31. The number of nitrogens with one attached hydrogen (secondary N) is 1. The van der Waals surface area contributed by atoms with Gasteiger partial charge in [0, 0.05) is 13.1 Å². The van der Waals surface area contributed by atoms with Crippen LogP contribution in [0.25, 0.3) is 0 Å². The zero-order valence-electron chi connectivity index (χ0n) is 11.2. The van der Waals surface area contributed by atoms with Crippen LogP contribution >= 0.6 is 0 Å². The maximum absolute atomic E-state index is 5.92.